The number of phenols is 2. The number of amides is 2. The quantitative estimate of drug-likeness (QED) is 0.193. The van der Waals surface area contributed by atoms with E-state index < -0.39 is 11.7 Å². The number of pyridine rings is 1. The Labute approximate surface area is 383 Å². The highest BCUT2D eigenvalue weighted by Gasteiger charge is 2.37. The van der Waals surface area contributed by atoms with Gasteiger partial charge in [-0.25, -0.2) is 15.0 Å². The van der Waals surface area contributed by atoms with Crippen molar-refractivity contribution in [3.05, 3.63) is 87.2 Å². The lowest BCUT2D eigenvalue weighted by Crippen LogP contribution is -2.49. The van der Waals surface area contributed by atoms with Crippen molar-refractivity contribution in [3.8, 4) is 22.9 Å². The summed E-state index contributed by atoms with van der Waals surface area (Å²) in [7, 11) is 0. The molecule has 4 N–H and O–H groups in total. The van der Waals surface area contributed by atoms with E-state index in [1.165, 1.54) is 11.6 Å². The Morgan fingerprint density at radius 3 is 2.29 bits per heavy atom. The minimum absolute atomic E-state index is 0.00538. The number of nitrogens with zero attached hydrogens (tertiary/aromatic N) is 9. The number of likely N-dealkylation sites (tertiary alicyclic amines) is 1. The largest absolute Gasteiger partial charge is 0.508 e. The van der Waals surface area contributed by atoms with Crippen LogP contribution in [0.2, 0.25) is 0 Å². The minimum Gasteiger partial charge on any atom is -0.508 e. The fourth-order valence-corrected chi connectivity index (χ4v) is 10.1. The van der Waals surface area contributed by atoms with Gasteiger partial charge in [0.1, 0.15) is 23.1 Å². The number of ether oxygens (including phenoxy) is 1. The van der Waals surface area contributed by atoms with Gasteiger partial charge in [0.2, 0.25) is 5.91 Å². The van der Waals surface area contributed by atoms with Crippen molar-refractivity contribution in [1.29, 1.82) is 0 Å². The molecule has 0 radical (unpaired) electrons. The second kappa shape index (κ2) is 19.0. The maximum atomic E-state index is 14.2. The van der Waals surface area contributed by atoms with E-state index in [0.717, 1.165) is 81.1 Å². The Morgan fingerprint density at radius 1 is 0.833 bits per heavy atom. The molecule has 0 atom stereocenters. The van der Waals surface area contributed by atoms with E-state index in [1.807, 2.05) is 28.5 Å². The standard InChI is InChI=1S/C48H59F3N10O5/c1-30(2)36-20-37(42(63)22-41(36)62)47(65)61-26-33-4-3-32(19-34(33)27-61)25-57-13-11-56(12-14-57)24-31-5-9-59(10-6-31)44(64)29-58-8-7-35-40(28-58)54-45(55-46(35)60-15-17-66-18-16-60)38-23-53-43(52)21-39(38)48(49,50)51/h3-4,19-23,30-31,62-63H,5-18,24-29H2,1-2H3,(H2,52,53). The highest BCUT2D eigenvalue weighted by Crippen LogP contribution is 2.39. The molecule has 5 aliphatic rings. The van der Waals surface area contributed by atoms with Crippen LogP contribution in [0.4, 0.5) is 24.8 Å². The van der Waals surface area contributed by atoms with Gasteiger partial charge < -0.3 is 40.3 Å². The first kappa shape index (κ1) is 45.6. The van der Waals surface area contributed by atoms with Crippen LogP contribution < -0.4 is 10.6 Å². The Morgan fingerprint density at radius 2 is 1.56 bits per heavy atom. The number of phenolic OH excluding ortho intramolecular Hbond substituents is 2. The van der Waals surface area contributed by atoms with Crippen LogP contribution in [0.1, 0.15) is 82.0 Å². The van der Waals surface area contributed by atoms with Gasteiger partial charge in [0.15, 0.2) is 5.82 Å². The number of carbonyl (C=O) groups is 2. The lowest BCUT2D eigenvalue weighted by atomic mass is 9.95. The lowest BCUT2D eigenvalue weighted by molar-refractivity contribution is -0.137. The van der Waals surface area contributed by atoms with E-state index in [9.17, 15) is 33.0 Å². The van der Waals surface area contributed by atoms with Crippen molar-refractivity contribution < 1.29 is 37.7 Å². The zero-order valence-corrected chi connectivity index (χ0v) is 37.7. The third kappa shape index (κ3) is 9.92. The van der Waals surface area contributed by atoms with Crippen molar-refractivity contribution in [2.75, 3.05) is 95.8 Å². The van der Waals surface area contributed by atoms with Gasteiger partial charge in [-0.15, -0.1) is 0 Å². The molecule has 2 amide bonds. The van der Waals surface area contributed by atoms with Crippen LogP contribution in [0.5, 0.6) is 11.5 Å². The second-order valence-corrected chi connectivity index (χ2v) is 18.8. The van der Waals surface area contributed by atoms with Crippen molar-refractivity contribution >= 4 is 23.5 Å². The van der Waals surface area contributed by atoms with E-state index in [0.29, 0.717) is 95.0 Å². The molecule has 0 bridgehead atoms. The van der Waals surface area contributed by atoms with Crippen LogP contribution in [0.15, 0.2) is 42.6 Å². The highest BCUT2D eigenvalue weighted by molar-refractivity contribution is 5.97. The summed E-state index contributed by atoms with van der Waals surface area (Å²) in [4.78, 5) is 53.4. The molecule has 0 spiro atoms. The number of piperazine rings is 1. The number of nitrogen functional groups attached to an aromatic ring is 1. The molecule has 5 aliphatic heterocycles. The molecule has 9 rings (SSSR count). The third-order valence-corrected chi connectivity index (χ3v) is 13.9. The number of rotatable bonds is 10. The molecule has 66 heavy (non-hydrogen) atoms. The maximum Gasteiger partial charge on any atom is 0.417 e. The van der Waals surface area contributed by atoms with Crippen molar-refractivity contribution in [2.24, 2.45) is 5.92 Å². The number of benzene rings is 2. The minimum atomic E-state index is -4.68. The summed E-state index contributed by atoms with van der Waals surface area (Å²) in [6.07, 6.45) is -1.15. The predicted octanol–water partition coefficient (Wildman–Crippen LogP) is 5.08. The van der Waals surface area contributed by atoms with E-state index in [2.05, 4.69) is 33.0 Å². The number of aromatic nitrogens is 3. The lowest BCUT2D eigenvalue weighted by Gasteiger charge is -2.39. The summed E-state index contributed by atoms with van der Waals surface area (Å²) in [5.74, 6) is 0.393. The van der Waals surface area contributed by atoms with Gasteiger partial charge in [-0.2, -0.15) is 13.2 Å². The van der Waals surface area contributed by atoms with E-state index >= 15 is 0 Å². The normalized spacial score (nSPS) is 19.1. The van der Waals surface area contributed by atoms with E-state index in [1.54, 1.807) is 11.0 Å². The molecule has 2 aromatic carbocycles. The number of nitrogens with two attached hydrogens (primary N) is 1. The van der Waals surface area contributed by atoms with Crippen molar-refractivity contribution in [2.45, 2.75) is 71.4 Å². The molecular weight excluding hydrogens is 854 g/mol. The smallest absolute Gasteiger partial charge is 0.417 e. The molecule has 15 nitrogen and oxygen atoms in total. The molecule has 352 valence electrons. The van der Waals surface area contributed by atoms with Crippen molar-refractivity contribution in [1.82, 2.24) is 39.5 Å². The van der Waals surface area contributed by atoms with Crippen molar-refractivity contribution in [3.63, 3.8) is 0 Å². The van der Waals surface area contributed by atoms with Gasteiger partial charge in [-0.1, -0.05) is 32.0 Å². The predicted molar refractivity (Wildman–Crippen MR) is 242 cm³/mol. The molecule has 0 aliphatic carbocycles. The van der Waals surface area contributed by atoms with Crippen LogP contribution in [-0.2, 0) is 48.3 Å². The van der Waals surface area contributed by atoms with Gasteiger partial charge in [0.05, 0.1) is 36.6 Å². The van der Waals surface area contributed by atoms with Crippen LogP contribution in [0.3, 0.4) is 0 Å². The molecule has 18 heteroatoms. The number of alkyl halides is 3. The van der Waals surface area contributed by atoms with Gasteiger partial charge in [-0.3, -0.25) is 19.4 Å². The third-order valence-electron chi connectivity index (χ3n) is 13.9. The Kier molecular flexibility index (Phi) is 13.1. The number of hydrogen-bond donors (Lipinski definition) is 3. The van der Waals surface area contributed by atoms with Crippen LogP contribution in [0.25, 0.3) is 11.4 Å². The number of halogens is 3. The molecule has 0 unspecified atom stereocenters. The molecule has 7 heterocycles. The number of piperidine rings is 1. The monoisotopic (exact) mass is 912 g/mol. The summed E-state index contributed by atoms with van der Waals surface area (Å²) in [6.45, 7) is 15.1. The summed E-state index contributed by atoms with van der Waals surface area (Å²) >= 11 is 0. The summed E-state index contributed by atoms with van der Waals surface area (Å²) in [5.41, 5.74) is 10.3. The number of fused-ring (bicyclic) bond motifs is 2. The second-order valence-electron chi connectivity index (χ2n) is 18.8. The molecule has 0 saturated carbocycles. The topological polar surface area (TPSA) is 168 Å². The number of anilines is 2. The molecule has 4 aromatic rings. The Hall–Kier alpha value is -5.56. The summed E-state index contributed by atoms with van der Waals surface area (Å²) in [5, 5.41) is 20.8. The first-order valence-corrected chi connectivity index (χ1v) is 23.1. The SMILES string of the molecule is CC(C)c1cc(C(=O)N2Cc3ccc(CN4CCN(CC5CCN(C(=O)CN6CCc7c(nc(-c8cnc(N)cc8C(F)(F)F)nc7N7CCOCC7)C6)CC5)CC4)cc3C2)c(O)cc1O. The van der Waals surface area contributed by atoms with Crippen LogP contribution >= 0.6 is 0 Å². The number of aromatic hydroxyl groups is 2. The average Bonchev–Trinajstić information content (AvgIpc) is 3.73. The van der Waals surface area contributed by atoms with Gasteiger partial charge in [0, 0.05) is 115 Å². The summed E-state index contributed by atoms with van der Waals surface area (Å²) < 4.78 is 48.1. The molecular formula is C48H59F3N10O5. The molecule has 3 fully saturated rings. The molecule has 2 aromatic heterocycles. The number of carbonyl (C=O) groups excluding carboxylic acids is 2. The highest BCUT2D eigenvalue weighted by atomic mass is 19.4. The van der Waals surface area contributed by atoms with Gasteiger partial charge >= 0.3 is 6.18 Å². The fraction of sp³-hybridized carbons (Fsp3) is 0.521. The van der Waals surface area contributed by atoms with E-state index in [-0.39, 0.29) is 58.5 Å². The maximum absolute atomic E-state index is 14.2. The zero-order valence-electron chi connectivity index (χ0n) is 37.7. The zero-order chi connectivity index (χ0) is 46.3. The first-order valence-electron chi connectivity index (χ1n) is 23.1. The number of morpholine rings is 1. The number of hydrogen-bond acceptors (Lipinski definition) is 13. The fourth-order valence-electron chi connectivity index (χ4n) is 10.1. The Bertz CT molecular complexity index is 2450. The van der Waals surface area contributed by atoms with Crippen LogP contribution in [-0.4, -0.2) is 147 Å². The Balaban J connectivity index is 0.745. The van der Waals surface area contributed by atoms with Gasteiger partial charge in [0.25, 0.3) is 5.91 Å². The summed E-state index contributed by atoms with van der Waals surface area (Å²) in [6, 6.07) is 10.1. The first-order chi connectivity index (χ1) is 31.7. The molecule has 3 saturated heterocycles. The average molecular weight is 913 g/mol. The van der Waals surface area contributed by atoms with E-state index in [4.69, 9.17) is 20.4 Å². The van der Waals surface area contributed by atoms with Gasteiger partial charge in [-0.05, 0) is 65.5 Å². The van der Waals surface area contributed by atoms with Crippen LogP contribution in [0, 0.1) is 5.92 Å².